The summed E-state index contributed by atoms with van der Waals surface area (Å²) in [5, 5.41) is 15.7. The van der Waals surface area contributed by atoms with E-state index in [1.165, 1.54) is 0 Å². The average molecular weight is 339 g/mol. The second-order valence-corrected chi connectivity index (χ2v) is 7.20. The molecule has 24 heavy (non-hydrogen) atoms. The molecule has 2 N–H and O–H groups in total. The molecule has 4 rings (SSSR count). The molecule has 5 heteroatoms. The molecule has 0 radical (unpaired) electrons. The number of likely N-dealkylation sites (tertiary alicyclic amines) is 1. The summed E-state index contributed by atoms with van der Waals surface area (Å²) in [6.45, 7) is 2.15. The van der Waals surface area contributed by atoms with Gasteiger partial charge in [0.2, 0.25) is 0 Å². The summed E-state index contributed by atoms with van der Waals surface area (Å²) in [7, 11) is 2.16. The number of aliphatic imine (C=N–C) groups is 1. The third kappa shape index (κ3) is 2.85. The first kappa shape index (κ1) is 15.4. The van der Waals surface area contributed by atoms with Gasteiger partial charge in [0, 0.05) is 21.8 Å². The summed E-state index contributed by atoms with van der Waals surface area (Å²) in [6, 6.07) is 10.4. The Morgan fingerprint density at radius 1 is 1.25 bits per heavy atom. The van der Waals surface area contributed by atoms with Gasteiger partial charge in [0.05, 0.1) is 17.3 Å². The van der Waals surface area contributed by atoms with Crippen molar-refractivity contribution in [2.75, 3.05) is 20.1 Å². The van der Waals surface area contributed by atoms with Crippen LogP contribution in [0, 0.1) is 0 Å². The Bertz CT molecular complexity index is 858. The van der Waals surface area contributed by atoms with Gasteiger partial charge in [-0.15, -0.1) is 0 Å². The predicted molar refractivity (Wildman–Crippen MR) is 100 cm³/mol. The summed E-state index contributed by atoms with van der Waals surface area (Å²) >= 11 is 1.66. The standard InChI is InChI=1S/C19H21N3OS/c1-22-9-6-14(7-10-22)20-18(13-8-11-24-12-13)17-15-4-2-3-5-16(15)21-19(17)23/h2-5,8,11-12,14,21,23H,6-7,9-10H2,1H3. The van der Waals surface area contributed by atoms with Gasteiger partial charge < -0.3 is 15.0 Å². The molecule has 2 aromatic heterocycles. The summed E-state index contributed by atoms with van der Waals surface area (Å²) in [5.41, 5.74) is 3.75. The van der Waals surface area contributed by atoms with Gasteiger partial charge in [0.1, 0.15) is 0 Å². The van der Waals surface area contributed by atoms with E-state index in [0.29, 0.717) is 6.04 Å². The number of aromatic hydroxyl groups is 1. The molecule has 3 heterocycles. The van der Waals surface area contributed by atoms with Gasteiger partial charge >= 0.3 is 0 Å². The molecule has 0 aliphatic carbocycles. The van der Waals surface area contributed by atoms with Gasteiger partial charge in [0.15, 0.2) is 5.88 Å². The lowest BCUT2D eigenvalue weighted by atomic mass is 10.0. The van der Waals surface area contributed by atoms with E-state index in [-0.39, 0.29) is 5.88 Å². The third-order valence-corrected chi connectivity index (χ3v) is 5.40. The molecule has 0 bridgehead atoms. The van der Waals surface area contributed by atoms with Gasteiger partial charge in [-0.05, 0) is 50.5 Å². The highest BCUT2D eigenvalue weighted by Gasteiger charge is 2.22. The number of H-pyrrole nitrogens is 1. The van der Waals surface area contributed by atoms with Crippen molar-refractivity contribution in [2.24, 2.45) is 4.99 Å². The zero-order valence-corrected chi connectivity index (χ0v) is 14.5. The number of rotatable bonds is 3. The van der Waals surface area contributed by atoms with Crippen LogP contribution in [0.4, 0.5) is 0 Å². The van der Waals surface area contributed by atoms with Crippen molar-refractivity contribution < 1.29 is 5.11 Å². The molecule has 0 spiro atoms. The first-order valence-electron chi connectivity index (χ1n) is 8.31. The van der Waals surface area contributed by atoms with Gasteiger partial charge in [-0.3, -0.25) is 4.99 Å². The van der Waals surface area contributed by atoms with E-state index in [4.69, 9.17) is 4.99 Å². The lowest BCUT2D eigenvalue weighted by Crippen LogP contribution is -2.32. The van der Waals surface area contributed by atoms with Crippen molar-refractivity contribution in [1.29, 1.82) is 0 Å². The molecule has 1 aliphatic rings. The van der Waals surface area contributed by atoms with Crippen LogP contribution in [0.5, 0.6) is 5.88 Å². The average Bonchev–Trinajstić information content (AvgIpc) is 3.22. The van der Waals surface area contributed by atoms with Crippen molar-refractivity contribution in [3.8, 4) is 5.88 Å². The highest BCUT2D eigenvalue weighted by atomic mass is 32.1. The Morgan fingerprint density at radius 2 is 2.04 bits per heavy atom. The van der Waals surface area contributed by atoms with Crippen molar-refractivity contribution in [2.45, 2.75) is 18.9 Å². The quantitative estimate of drug-likeness (QED) is 0.712. The number of hydrogen-bond donors (Lipinski definition) is 2. The molecule has 0 saturated carbocycles. The van der Waals surface area contributed by atoms with Crippen LogP contribution in [-0.4, -0.2) is 46.9 Å². The molecule has 3 aromatic rings. The van der Waals surface area contributed by atoms with Crippen LogP contribution in [0.2, 0.25) is 0 Å². The van der Waals surface area contributed by atoms with E-state index >= 15 is 0 Å². The Kier molecular flexibility index (Phi) is 4.12. The minimum Gasteiger partial charge on any atom is -0.494 e. The summed E-state index contributed by atoms with van der Waals surface area (Å²) < 4.78 is 0. The maximum absolute atomic E-state index is 10.5. The molecule has 1 saturated heterocycles. The van der Waals surface area contributed by atoms with Crippen LogP contribution >= 0.6 is 11.3 Å². The molecule has 124 valence electrons. The lowest BCUT2D eigenvalue weighted by Gasteiger charge is -2.27. The van der Waals surface area contributed by atoms with Crippen molar-refractivity contribution in [1.82, 2.24) is 9.88 Å². The van der Waals surface area contributed by atoms with Crippen LogP contribution in [0.1, 0.15) is 24.0 Å². The highest BCUT2D eigenvalue weighted by Crippen LogP contribution is 2.31. The van der Waals surface area contributed by atoms with Crippen molar-refractivity contribution >= 4 is 28.0 Å². The first-order chi connectivity index (χ1) is 11.7. The molecule has 4 nitrogen and oxygen atoms in total. The molecular formula is C19H21N3OS. The van der Waals surface area contributed by atoms with Crippen LogP contribution in [0.3, 0.4) is 0 Å². The third-order valence-electron chi connectivity index (χ3n) is 4.72. The number of benzene rings is 1. The second kappa shape index (κ2) is 6.42. The van der Waals surface area contributed by atoms with E-state index < -0.39 is 0 Å². The summed E-state index contributed by atoms with van der Waals surface area (Å²) in [5.74, 6) is 0.203. The summed E-state index contributed by atoms with van der Waals surface area (Å²) in [6.07, 6.45) is 2.13. The van der Waals surface area contributed by atoms with Crippen molar-refractivity contribution in [3.05, 3.63) is 52.2 Å². The number of nitrogens with one attached hydrogen (secondary N) is 1. The maximum atomic E-state index is 10.5. The second-order valence-electron chi connectivity index (χ2n) is 6.42. The van der Waals surface area contributed by atoms with E-state index in [9.17, 15) is 5.11 Å². The number of piperidine rings is 1. The van der Waals surface area contributed by atoms with E-state index in [1.54, 1.807) is 11.3 Å². The minimum atomic E-state index is 0.203. The number of fused-ring (bicyclic) bond motifs is 1. The van der Waals surface area contributed by atoms with E-state index in [0.717, 1.165) is 53.7 Å². The predicted octanol–water partition coefficient (Wildman–Crippen LogP) is 3.87. The monoisotopic (exact) mass is 339 g/mol. The number of thiophene rings is 1. The van der Waals surface area contributed by atoms with E-state index in [1.807, 2.05) is 24.3 Å². The van der Waals surface area contributed by atoms with Gasteiger partial charge in [-0.2, -0.15) is 11.3 Å². The maximum Gasteiger partial charge on any atom is 0.199 e. The molecule has 0 unspecified atom stereocenters. The number of hydrogen-bond acceptors (Lipinski definition) is 4. The zero-order chi connectivity index (χ0) is 16.5. The van der Waals surface area contributed by atoms with E-state index in [2.05, 4.69) is 33.8 Å². The lowest BCUT2D eigenvalue weighted by molar-refractivity contribution is 0.257. The van der Waals surface area contributed by atoms with Gasteiger partial charge in [0.25, 0.3) is 0 Å². The molecule has 0 amide bonds. The number of aromatic nitrogens is 1. The van der Waals surface area contributed by atoms with Gasteiger partial charge in [-0.1, -0.05) is 18.2 Å². The summed E-state index contributed by atoms with van der Waals surface area (Å²) in [4.78, 5) is 10.5. The molecule has 1 aromatic carbocycles. The minimum absolute atomic E-state index is 0.203. The Morgan fingerprint density at radius 3 is 2.79 bits per heavy atom. The normalized spacial score (nSPS) is 17.6. The number of aromatic amines is 1. The van der Waals surface area contributed by atoms with Gasteiger partial charge in [-0.25, -0.2) is 0 Å². The topological polar surface area (TPSA) is 51.6 Å². The first-order valence-corrected chi connectivity index (χ1v) is 9.25. The smallest absolute Gasteiger partial charge is 0.199 e. The molecule has 0 atom stereocenters. The fourth-order valence-corrected chi connectivity index (χ4v) is 4.00. The zero-order valence-electron chi connectivity index (χ0n) is 13.7. The fourth-order valence-electron chi connectivity index (χ4n) is 3.36. The number of nitrogens with zero attached hydrogens (tertiary/aromatic N) is 2. The van der Waals surface area contributed by atoms with Crippen LogP contribution in [0.15, 0.2) is 46.1 Å². The number of para-hydroxylation sites is 1. The van der Waals surface area contributed by atoms with Crippen molar-refractivity contribution in [3.63, 3.8) is 0 Å². The SMILES string of the molecule is CN1CCC(N=C(c2ccsc2)c2c(O)[nH]c3ccccc23)CC1. The van der Waals surface area contributed by atoms with Crippen LogP contribution in [-0.2, 0) is 0 Å². The Hall–Kier alpha value is -2.11. The Labute approximate surface area is 145 Å². The Balaban J connectivity index is 1.82. The molecular weight excluding hydrogens is 318 g/mol. The highest BCUT2D eigenvalue weighted by molar-refractivity contribution is 7.08. The van der Waals surface area contributed by atoms with Crippen LogP contribution in [0.25, 0.3) is 10.9 Å². The molecule has 1 aliphatic heterocycles. The van der Waals surface area contributed by atoms with Crippen LogP contribution < -0.4 is 0 Å². The largest absolute Gasteiger partial charge is 0.494 e. The fraction of sp³-hybridized carbons (Fsp3) is 0.316. The molecule has 1 fully saturated rings.